The normalized spacial score (nSPS) is 13.5. The number of anilines is 3. The van der Waals surface area contributed by atoms with Gasteiger partial charge in [0.2, 0.25) is 0 Å². The Balaban J connectivity index is 1.31. The number of fused-ring (bicyclic) bond motifs is 1. The Morgan fingerprint density at radius 1 is 1.00 bits per heavy atom. The van der Waals surface area contributed by atoms with E-state index in [9.17, 15) is 14.9 Å². The molecule has 2 N–H and O–H groups in total. The summed E-state index contributed by atoms with van der Waals surface area (Å²) in [7, 11) is 0. The number of hydrogen-bond donors (Lipinski definition) is 2. The van der Waals surface area contributed by atoms with Crippen LogP contribution < -0.4 is 15.8 Å². The maximum atomic E-state index is 13.2. The molecule has 168 valence electrons. The first-order chi connectivity index (χ1) is 16.6. The van der Waals surface area contributed by atoms with E-state index in [1.807, 2.05) is 29.2 Å². The van der Waals surface area contributed by atoms with Crippen molar-refractivity contribution in [1.29, 1.82) is 5.26 Å². The molecule has 2 aromatic heterocycles. The van der Waals surface area contributed by atoms with E-state index in [0.29, 0.717) is 65.4 Å². The number of H-pyrrole nitrogens is 1. The summed E-state index contributed by atoms with van der Waals surface area (Å²) >= 11 is 0. The second kappa shape index (κ2) is 9.03. The van der Waals surface area contributed by atoms with Crippen LogP contribution in [0.15, 0.2) is 71.7 Å². The summed E-state index contributed by atoms with van der Waals surface area (Å²) in [6, 6.07) is 20.1. The molecule has 1 amide bonds. The average molecular weight is 451 g/mol. The minimum absolute atomic E-state index is 0.0656. The Hall–Kier alpha value is -4.71. The molecule has 0 spiro atoms. The van der Waals surface area contributed by atoms with Gasteiger partial charge in [-0.25, -0.2) is 10.1 Å². The zero-order valence-electron chi connectivity index (χ0n) is 18.2. The summed E-state index contributed by atoms with van der Waals surface area (Å²) in [5, 5.41) is 20.4. The number of piperazine rings is 1. The zero-order chi connectivity index (χ0) is 23.5. The van der Waals surface area contributed by atoms with Gasteiger partial charge >= 0.3 is 0 Å². The van der Waals surface area contributed by atoms with E-state index >= 15 is 0 Å². The Labute approximate surface area is 195 Å². The van der Waals surface area contributed by atoms with Gasteiger partial charge < -0.3 is 15.1 Å². The molecule has 0 radical (unpaired) electrons. The highest BCUT2D eigenvalue weighted by Crippen LogP contribution is 2.23. The van der Waals surface area contributed by atoms with Crippen molar-refractivity contribution in [2.24, 2.45) is 0 Å². The summed E-state index contributed by atoms with van der Waals surface area (Å²) < 4.78 is 0. The molecular weight excluding hydrogens is 430 g/mol. The molecule has 2 aromatic carbocycles. The molecule has 0 atom stereocenters. The molecule has 34 heavy (non-hydrogen) atoms. The van der Waals surface area contributed by atoms with Crippen LogP contribution in [0.2, 0.25) is 0 Å². The van der Waals surface area contributed by atoms with E-state index in [1.165, 1.54) is 0 Å². The van der Waals surface area contributed by atoms with Gasteiger partial charge in [-0.05, 0) is 36.4 Å². The van der Waals surface area contributed by atoms with Crippen LogP contribution in [-0.4, -0.2) is 52.2 Å². The monoisotopic (exact) mass is 451 g/mol. The number of rotatable bonds is 4. The van der Waals surface area contributed by atoms with Crippen molar-refractivity contribution in [1.82, 2.24) is 20.1 Å². The van der Waals surface area contributed by atoms with Gasteiger partial charge in [0.15, 0.2) is 5.82 Å². The lowest BCUT2D eigenvalue weighted by molar-refractivity contribution is 0.0746. The second-order valence-corrected chi connectivity index (χ2v) is 7.92. The first-order valence-electron chi connectivity index (χ1n) is 10.9. The van der Waals surface area contributed by atoms with Crippen molar-refractivity contribution in [3.8, 4) is 6.07 Å². The highest BCUT2D eigenvalue weighted by atomic mass is 16.2. The summed E-state index contributed by atoms with van der Waals surface area (Å²) in [6.07, 6.45) is 1.67. The number of hydrogen-bond acceptors (Lipinski definition) is 7. The van der Waals surface area contributed by atoms with E-state index < -0.39 is 0 Å². The largest absolute Gasteiger partial charge is 0.352 e. The highest BCUT2D eigenvalue weighted by Gasteiger charge is 2.24. The molecule has 1 saturated heterocycles. The molecule has 0 bridgehead atoms. The number of nitriles is 1. The maximum absolute atomic E-state index is 13.2. The first kappa shape index (κ1) is 21.2. The minimum atomic E-state index is -0.253. The van der Waals surface area contributed by atoms with Crippen LogP contribution >= 0.6 is 0 Å². The predicted molar refractivity (Wildman–Crippen MR) is 129 cm³/mol. The van der Waals surface area contributed by atoms with Crippen molar-refractivity contribution in [2.75, 3.05) is 36.4 Å². The topological polar surface area (TPSA) is 118 Å². The molecule has 0 saturated carbocycles. The fraction of sp³-hybridized carbons (Fsp3) is 0.160. The Kier molecular flexibility index (Phi) is 5.62. The van der Waals surface area contributed by atoms with Crippen molar-refractivity contribution >= 4 is 34.0 Å². The molecular formula is C25H21N7O2. The van der Waals surface area contributed by atoms with Gasteiger partial charge in [0.05, 0.1) is 10.9 Å². The number of nitrogens with one attached hydrogen (secondary N) is 2. The number of benzene rings is 2. The van der Waals surface area contributed by atoms with Crippen LogP contribution in [0.1, 0.15) is 15.9 Å². The lowest BCUT2D eigenvalue weighted by Crippen LogP contribution is -2.49. The van der Waals surface area contributed by atoms with Gasteiger partial charge in [-0.1, -0.05) is 24.3 Å². The van der Waals surface area contributed by atoms with Crippen LogP contribution in [0.4, 0.5) is 17.3 Å². The van der Waals surface area contributed by atoms with Crippen molar-refractivity contribution in [3.05, 3.63) is 88.3 Å². The molecule has 4 aromatic rings. The van der Waals surface area contributed by atoms with Gasteiger partial charge in [-0.15, -0.1) is 0 Å². The van der Waals surface area contributed by atoms with Gasteiger partial charge in [-0.3, -0.25) is 9.59 Å². The molecule has 5 rings (SSSR count). The summed E-state index contributed by atoms with van der Waals surface area (Å²) in [5.74, 6) is 1.10. The number of carbonyl (C=O) groups is 1. The smallest absolute Gasteiger partial charge is 0.272 e. The lowest BCUT2D eigenvalue weighted by atomic mass is 10.1. The van der Waals surface area contributed by atoms with Gasteiger partial charge in [0, 0.05) is 49.0 Å². The SMILES string of the molecule is N#Cc1cccnc1N1CCN(C(=O)c2cccc(Nc3n[nH]c(=O)c4ccccc34)c2)CC1. The fourth-order valence-electron chi connectivity index (χ4n) is 4.12. The van der Waals surface area contributed by atoms with Crippen LogP contribution in [0.25, 0.3) is 10.8 Å². The molecule has 1 aliphatic rings. The van der Waals surface area contributed by atoms with E-state index in [1.54, 1.807) is 47.5 Å². The standard InChI is InChI=1S/C25H21N7O2/c26-16-18-6-4-10-27-23(18)31-11-13-32(14-12-31)25(34)17-5-3-7-19(15-17)28-22-20-8-1-2-9-21(20)24(33)30-29-22/h1-10,15H,11-14H2,(H,28,29)(H,30,33). The highest BCUT2D eigenvalue weighted by molar-refractivity contribution is 5.96. The lowest BCUT2D eigenvalue weighted by Gasteiger charge is -2.35. The maximum Gasteiger partial charge on any atom is 0.272 e. The third kappa shape index (κ3) is 4.04. The molecule has 1 aliphatic heterocycles. The fourth-order valence-corrected chi connectivity index (χ4v) is 4.12. The van der Waals surface area contributed by atoms with Crippen LogP contribution in [-0.2, 0) is 0 Å². The van der Waals surface area contributed by atoms with Crippen molar-refractivity contribution < 1.29 is 4.79 Å². The summed E-state index contributed by atoms with van der Waals surface area (Å²) in [5.41, 5.74) is 1.53. The summed E-state index contributed by atoms with van der Waals surface area (Å²) in [6.45, 7) is 2.26. The number of amides is 1. The van der Waals surface area contributed by atoms with Gasteiger partial charge in [0.25, 0.3) is 11.5 Å². The zero-order valence-corrected chi connectivity index (χ0v) is 18.2. The summed E-state index contributed by atoms with van der Waals surface area (Å²) in [4.78, 5) is 33.4. The Morgan fingerprint density at radius 2 is 1.79 bits per heavy atom. The third-order valence-electron chi connectivity index (χ3n) is 5.84. The number of pyridine rings is 1. The third-order valence-corrected chi connectivity index (χ3v) is 5.84. The number of nitrogens with zero attached hydrogens (tertiary/aromatic N) is 5. The molecule has 0 aliphatic carbocycles. The van der Waals surface area contributed by atoms with Crippen molar-refractivity contribution in [2.45, 2.75) is 0 Å². The van der Waals surface area contributed by atoms with E-state index in [2.05, 4.69) is 26.6 Å². The van der Waals surface area contributed by atoms with Crippen LogP contribution in [0.5, 0.6) is 0 Å². The first-order valence-corrected chi connectivity index (χ1v) is 10.9. The molecule has 9 nitrogen and oxygen atoms in total. The second-order valence-electron chi connectivity index (χ2n) is 7.92. The molecule has 0 unspecified atom stereocenters. The average Bonchev–Trinajstić information content (AvgIpc) is 2.90. The van der Waals surface area contributed by atoms with Crippen LogP contribution in [0.3, 0.4) is 0 Å². The predicted octanol–water partition coefficient (Wildman–Crippen LogP) is 2.90. The quantitative estimate of drug-likeness (QED) is 0.490. The van der Waals surface area contributed by atoms with E-state index in [0.717, 1.165) is 0 Å². The Bertz CT molecular complexity index is 1470. The van der Waals surface area contributed by atoms with Crippen molar-refractivity contribution in [3.63, 3.8) is 0 Å². The minimum Gasteiger partial charge on any atom is -0.352 e. The molecule has 3 heterocycles. The number of aromatic nitrogens is 3. The molecule has 1 fully saturated rings. The Morgan fingerprint density at radius 3 is 2.59 bits per heavy atom. The van der Waals surface area contributed by atoms with E-state index in [-0.39, 0.29) is 11.5 Å². The van der Waals surface area contributed by atoms with E-state index in [4.69, 9.17) is 0 Å². The van der Waals surface area contributed by atoms with Gasteiger partial charge in [0.1, 0.15) is 11.9 Å². The van der Waals surface area contributed by atoms with Gasteiger partial charge in [-0.2, -0.15) is 10.4 Å². The molecule has 9 heteroatoms. The number of aromatic amines is 1. The number of carbonyl (C=O) groups excluding carboxylic acids is 1. The van der Waals surface area contributed by atoms with Crippen LogP contribution in [0, 0.1) is 11.3 Å².